The van der Waals surface area contributed by atoms with Gasteiger partial charge >= 0.3 is 16.8 Å². The molecule has 0 amide bonds. The molecule has 0 bridgehead atoms. The maximum atomic E-state index is 10.8. The van der Waals surface area contributed by atoms with Crippen LogP contribution in [0.5, 0.6) is 0 Å². The van der Waals surface area contributed by atoms with Gasteiger partial charge in [-0.3, -0.25) is 0 Å². The van der Waals surface area contributed by atoms with Gasteiger partial charge < -0.3 is 9.32 Å². The lowest BCUT2D eigenvalue weighted by atomic mass is 10.1. The molecule has 0 saturated carbocycles. The molecule has 0 heterocycles. The van der Waals surface area contributed by atoms with Crippen molar-refractivity contribution in [1.82, 2.24) is 0 Å². The van der Waals surface area contributed by atoms with Crippen LogP contribution in [0.4, 0.5) is 0 Å². The molecule has 0 saturated heterocycles. The van der Waals surface area contributed by atoms with Crippen molar-refractivity contribution < 1.29 is 29.2 Å². The molecule has 0 unspecified atom stereocenters. The Hall–Kier alpha value is -0.320. The Kier molecular flexibility index (Phi) is 9.99. The number of hydrogen-bond donors (Lipinski definition) is 0. The second-order valence-electron chi connectivity index (χ2n) is 3.51. The van der Waals surface area contributed by atoms with Crippen molar-refractivity contribution >= 4 is 5.97 Å². The summed E-state index contributed by atoms with van der Waals surface area (Å²) in [4.78, 5) is 10.8. The van der Waals surface area contributed by atoms with E-state index in [2.05, 4.69) is 11.2 Å². The van der Waals surface area contributed by atoms with Gasteiger partial charge in [-0.1, -0.05) is 49.7 Å². The summed E-state index contributed by atoms with van der Waals surface area (Å²) in [6, 6.07) is 0. The number of carbonyl (C=O) groups excluding carboxylic acids is 1. The highest BCUT2D eigenvalue weighted by Crippen LogP contribution is 2.08. The molecule has 0 fully saturated rings. The van der Waals surface area contributed by atoms with Crippen LogP contribution in [0.15, 0.2) is 0 Å². The Balaban J connectivity index is 3.13. The highest BCUT2D eigenvalue weighted by Gasteiger charge is 2.16. The van der Waals surface area contributed by atoms with E-state index in [1.165, 1.54) is 25.7 Å². The van der Waals surface area contributed by atoms with E-state index < -0.39 is 16.8 Å². The van der Waals surface area contributed by atoms with E-state index in [9.17, 15) is 14.1 Å². The fourth-order valence-corrected chi connectivity index (χ4v) is 1.55. The summed E-state index contributed by atoms with van der Waals surface area (Å²) >= 11 is 0. The molecule has 0 aromatic rings. The Bertz CT molecular complexity index is 162. The molecule has 5 heteroatoms. The van der Waals surface area contributed by atoms with Crippen LogP contribution in [-0.4, -0.2) is 5.97 Å². The molecule has 0 N–H and O–H groups in total. The predicted molar refractivity (Wildman–Crippen MR) is 48.7 cm³/mol. The van der Waals surface area contributed by atoms with Gasteiger partial charge in [-0.25, -0.2) is 4.79 Å². The third kappa shape index (κ3) is 11.6. The molecule has 0 aliphatic carbocycles. The van der Waals surface area contributed by atoms with Gasteiger partial charge in [-0.2, -0.15) is 0 Å². The highest BCUT2D eigenvalue weighted by atomic mass is 35.6. The summed E-state index contributed by atoms with van der Waals surface area (Å²) < 4.78 is 23.8. The molecule has 4 nitrogen and oxygen atoms in total. The van der Waals surface area contributed by atoms with Gasteiger partial charge in [0, 0.05) is 0 Å². The lowest BCUT2D eigenvalue weighted by Gasteiger charge is -1.99. The van der Waals surface area contributed by atoms with Crippen LogP contribution in [0.3, 0.4) is 0 Å². The minimum Gasteiger partial charge on any atom is -0.307 e. The second-order valence-corrected chi connectivity index (χ2v) is 4.04. The first kappa shape index (κ1) is 14.7. The van der Waals surface area contributed by atoms with Crippen LogP contribution >= 0.6 is 0 Å². The van der Waals surface area contributed by atoms with Crippen LogP contribution < -0.4 is 9.32 Å². The molecule has 0 aromatic carbocycles. The maximum Gasteiger partial charge on any atom is 0.421 e. The van der Waals surface area contributed by atoms with E-state index in [1.54, 1.807) is 0 Å². The monoisotopic (exact) mass is 238 g/mol. The molecule has 0 aliphatic rings. The van der Waals surface area contributed by atoms with Crippen molar-refractivity contribution in [3.63, 3.8) is 0 Å². The molecule has 0 aromatic heterocycles. The molecule has 0 atom stereocenters. The normalized spacial score (nSPS) is 10.7. The average Bonchev–Trinajstić information content (AvgIpc) is 2.15. The Morgan fingerprint density at radius 3 is 2.13 bits per heavy atom. The summed E-state index contributed by atoms with van der Waals surface area (Å²) in [6.07, 6.45) is 7.86. The van der Waals surface area contributed by atoms with Gasteiger partial charge in [0.2, 0.25) is 0 Å². The quantitative estimate of drug-likeness (QED) is 0.556. The van der Waals surface area contributed by atoms with Gasteiger partial charge in [0.15, 0.2) is 0 Å². The highest BCUT2D eigenvalue weighted by molar-refractivity contribution is 5.68. The fraction of sp³-hybridized carbons (Fsp3) is 0.900. The Morgan fingerprint density at radius 2 is 1.60 bits per heavy atom. The van der Waals surface area contributed by atoms with Crippen molar-refractivity contribution in [2.75, 3.05) is 0 Å². The first-order valence-electron chi connectivity index (χ1n) is 5.43. The van der Waals surface area contributed by atoms with Crippen molar-refractivity contribution in [2.45, 2.75) is 58.3 Å². The first-order chi connectivity index (χ1) is 7.16. The van der Waals surface area contributed by atoms with Gasteiger partial charge in [0.25, 0.3) is 0 Å². The summed E-state index contributed by atoms with van der Waals surface area (Å²) in [7, 11) is -2.39. The first-order valence-corrected chi connectivity index (χ1v) is 6.36. The molecular weight excluding hydrogens is 220 g/mol. The molecule has 0 rings (SSSR count). The van der Waals surface area contributed by atoms with E-state index in [0.717, 1.165) is 12.8 Å². The lowest BCUT2D eigenvalue weighted by Crippen LogP contribution is -2.36. The second kappa shape index (κ2) is 10.2. The van der Waals surface area contributed by atoms with Crippen LogP contribution in [0.25, 0.3) is 0 Å². The van der Waals surface area contributed by atoms with Gasteiger partial charge in [0.1, 0.15) is 0 Å². The van der Waals surface area contributed by atoms with Crippen LogP contribution in [-0.2, 0) is 9.08 Å². The zero-order chi connectivity index (χ0) is 11.5. The van der Waals surface area contributed by atoms with Gasteiger partial charge in [-0.15, -0.1) is 0 Å². The minimum atomic E-state index is -2.39. The molecular formula is C10H19ClO4. The summed E-state index contributed by atoms with van der Waals surface area (Å²) in [5.74, 6) is -0.672. The largest absolute Gasteiger partial charge is 0.421 e. The molecule has 15 heavy (non-hydrogen) atoms. The van der Waals surface area contributed by atoms with Crippen molar-refractivity contribution in [3.05, 3.63) is 0 Å². The topological polar surface area (TPSA) is 72.4 Å². The smallest absolute Gasteiger partial charge is 0.307 e. The third-order valence-corrected chi connectivity index (χ3v) is 2.43. The molecule has 0 spiro atoms. The molecule has 0 aliphatic heterocycles. The van der Waals surface area contributed by atoms with Crippen LogP contribution in [0.1, 0.15) is 58.3 Å². The van der Waals surface area contributed by atoms with Gasteiger partial charge in [0.05, 0.1) is 6.42 Å². The Labute approximate surface area is 94.0 Å². The van der Waals surface area contributed by atoms with Gasteiger partial charge in [-0.05, 0) is 6.42 Å². The number of rotatable bonds is 9. The summed E-state index contributed by atoms with van der Waals surface area (Å²) in [5.41, 5.74) is 0. The number of unbranched alkanes of at least 4 members (excludes halogenated alkanes) is 6. The van der Waals surface area contributed by atoms with E-state index in [-0.39, 0.29) is 6.42 Å². The third-order valence-electron chi connectivity index (χ3n) is 2.13. The summed E-state index contributed by atoms with van der Waals surface area (Å²) in [6.45, 7) is 2.16. The minimum absolute atomic E-state index is 0.187. The summed E-state index contributed by atoms with van der Waals surface area (Å²) in [5, 5.41) is 0. The lowest BCUT2D eigenvalue weighted by molar-refractivity contribution is -1.62. The molecule has 0 radical (unpaired) electrons. The van der Waals surface area contributed by atoms with Crippen LogP contribution in [0, 0.1) is 10.8 Å². The van der Waals surface area contributed by atoms with E-state index in [1.807, 2.05) is 0 Å². The van der Waals surface area contributed by atoms with E-state index in [0.29, 0.717) is 6.42 Å². The molecule has 90 valence electrons. The van der Waals surface area contributed by atoms with Crippen LogP contribution in [0.2, 0.25) is 0 Å². The van der Waals surface area contributed by atoms with Crippen molar-refractivity contribution in [2.24, 2.45) is 0 Å². The predicted octanol–water partition coefficient (Wildman–Crippen LogP) is 0.757. The SMILES string of the molecule is CCCCCCCCCC(=O)O[Cl+2]([O-])[O-]. The number of halogens is 1. The zero-order valence-corrected chi connectivity index (χ0v) is 9.92. The fourth-order valence-electron chi connectivity index (χ4n) is 1.34. The average molecular weight is 239 g/mol. The Morgan fingerprint density at radius 1 is 1.07 bits per heavy atom. The standard InChI is InChI=1S/C10H19ClO4/c1-2-3-4-5-6-7-8-9-10(12)15-11(13)14/h2-9H2,1H3. The van der Waals surface area contributed by atoms with Crippen molar-refractivity contribution in [1.29, 1.82) is 0 Å². The zero-order valence-electron chi connectivity index (χ0n) is 9.17. The van der Waals surface area contributed by atoms with Crippen molar-refractivity contribution in [3.8, 4) is 0 Å². The number of carbonyl (C=O) groups is 1. The van der Waals surface area contributed by atoms with E-state index >= 15 is 0 Å². The number of hydrogen-bond acceptors (Lipinski definition) is 4. The van der Waals surface area contributed by atoms with E-state index in [4.69, 9.17) is 0 Å². The maximum absolute atomic E-state index is 10.8.